The van der Waals surface area contributed by atoms with Gasteiger partial charge in [0.15, 0.2) is 5.78 Å². The van der Waals surface area contributed by atoms with Gasteiger partial charge in [-0.05, 0) is 148 Å². The van der Waals surface area contributed by atoms with Crippen LogP contribution in [-0.4, -0.2) is 295 Å². The number of aromatic amines is 1. The van der Waals surface area contributed by atoms with E-state index >= 15 is 0 Å². The molecule has 6 aromatic rings. The lowest BCUT2D eigenvalue weighted by Gasteiger charge is -2.42. The fraction of sp³-hybridized carbons (Fsp3) is 0.566. The summed E-state index contributed by atoms with van der Waals surface area (Å²) in [5, 5.41) is 38.5. The number of carbonyl (C=O) groups excluding carboxylic acids is 8. The van der Waals surface area contributed by atoms with Gasteiger partial charge in [0, 0.05) is 201 Å². The number of piperidine rings is 1. The van der Waals surface area contributed by atoms with Crippen molar-refractivity contribution in [3.63, 3.8) is 0 Å². The number of nitrogens with two attached hydrogens (primary N) is 2. The Hall–Kier alpha value is -11.0. The summed E-state index contributed by atoms with van der Waals surface area (Å²) in [5.74, 6) is -7.94. The molecule has 0 spiro atoms. The number of esters is 1. The average Bonchev–Trinajstić information content (AvgIpc) is 1.66. The maximum Gasteiger partial charge on any atom is 0.407 e. The lowest BCUT2D eigenvalue weighted by molar-refractivity contribution is -0.265. The molecule has 35 nitrogen and oxygen atoms in total. The number of amides is 4. The van der Waals surface area contributed by atoms with Crippen LogP contribution >= 0.6 is 0 Å². The van der Waals surface area contributed by atoms with Crippen molar-refractivity contribution in [3.05, 3.63) is 172 Å². The summed E-state index contributed by atoms with van der Waals surface area (Å²) in [6, 6.07) is 8.40. The first-order valence-corrected chi connectivity index (χ1v) is 47.4. The monoisotopic (exact) mass is 1850 g/mol. The van der Waals surface area contributed by atoms with Crippen LogP contribution in [0.15, 0.2) is 128 Å². The lowest BCUT2D eigenvalue weighted by Crippen LogP contribution is -2.61. The second-order valence-electron chi connectivity index (χ2n) is 37.3. The van der Waals surface area contributed by atoms with Crippen molar-refractivity contribution in [2.75, 3.05) is 128 Å². The second kappa shape index (κ2) is 46.0. The van der Waals surface area contributed by atoms with Gasteiger partial charge in [-0.15, -0.1) is 0 Å². The summed E-state index contributed by atoms with van der Waals surface area (Å²) in [6.45, 7) is 18.8. The summed E-state index contributed by atoms with van der Waals surface area (Å²) in [4.78, 5) is 159. The molecule has 11 heterocycles. The number of nitrogens with zero attached hydrogens (tertiary/aromatic N) is 13. The normalized spacial score (nSPS) is 28.6. The van der Waals surface area contributed by atoms with Gasteiger partial charge >= 0.3 is 12.1 Å². The second-order valence-corrected chi connectivity index (χ2v) is 37.3. The van der Waals surface area contributed by atoms with Gasteiger partial charge in [-0.3, -0.25) is 33.7 Å². The summed E-state index contributed by atoms with van der Waals surface area (Å²) in [5.41, 5.74) is 23.7. The molecule has 2 aliphatic carbocycles. The standard InChI is InChI=1S/C99H131N17O18/c1-60-14-10-9-11-15-61(2)81(128-7)50-75-21-17-65(6)99(127,134-75)90(122)94(124)116-27-13-12-16-78(116)95(125)132-82(51-79(117)62(3)43-64(5)88(120)89(121)87(119)63(4)42-60)77(100)46-67-19-22-80(83(47-67)129-8)133-98(126)108-54-68-52-104-96(105-53-68)114-35-33-112(34-36-114)84(118)25-38-130-40-41-131-39-37-111-29-31-113(32-30-111)97-106-56-74(57-107-97)93(123)115-28-24-69-44-66(18-20-71(69)58-115)45-72-49-76(85-86(72)109-59-110-91(85)101)73-48-70-23-26-102-92(70)103-55-73/h9-11,14-15,18,20,23,26,43-44,48-49,52-53,55-57,59-60,62-63,65,67,72,75,77-78,80-83,88-89,120-121,127H,12-13,16-17,19,21-22,24-25,27-42,45-47,50-51,54,58,100H2,1-8H3,(H,102,103)(H,108,126)(H2,101,109,110)/b11-9+,14-10+,61-15+,64-43+/t60-,62-,63-,65-,67+,72?,75+,77-,78+,80-,81+,82+,83-,88-,89+,99-/m1/s1. The number of Topliss-reactive ketones (excluding diaryl/α,β-unsaturated/α-hetero) is 3. The Balaban J connectivity index is 0.478. The zero-order chi connectivity index (χ0) is 94.9. The molecule has 1 unspecified atom stereocenters. The third-order valence-corrected chi connectivity index (χ3v) is 27.8. The quantitative estimate of drug-likeness (QED) is 0.0139. The molecule has 1 saturated carbocycles. The van der Waals surface area contributed by atoms with Gasteiger partial charge in [0.05, 0.1) is 62.4 Å². The van der Waals surface area contributed by atoms with Crippen LogP contribution in [0.4, 0.5) is 22.5 Å². The van der Waals surface area contributed by atoms with Crippen LogP contribution in [0.3, 0.4) is 0 Å². The number of alkyl carbamates (subject to hydrolysis) is 1. The molecule has 35 heteroatoms. The Labute approximate surface area is 782 Å². The van der Waals surface area contributed by atoms with Crippen LogP contribution in [0.25, 0.3) is 16.6 Å². The van der Waals surface area contributed by atoms with Gasteiger partial charge in [-0.2, -0.15) is 0 Å². The molecule has 720 valence electrons. The van der Waals surface area contributed by atoms with E-state index in [4.69, 9.17) is 49.6 Å². The lowest BCUT2D eigenvalue weighted by atomic mass is 9.80. The summed E-state index contributed by atoms with van der Waals surface area (Å²) in [7, 11) is 3.06. The van der Waals surface area contributed by atoms with Gasteiger partial charge in [-0.1, -0.05) is 88.4 Å². The third kappa shape index (κ3) is 24.6. The van der Waals surface area contributed by atoms with E-state index < -0.39 is 120 Å². The van der Waals surface area contributed by atoms with Crippen LogP contribution in [0, 0.1) is 29.6 Å². The number of methoxy groups -OCH3 is 2. The number of rotatable bonds is 23. The number of pyridine rings is 1. The highest BCUT2D eigenvalue weighted by Crippen LogP contribution is 2.44. The van der Waals surface area contributed by atoms with E-state index in [2.05, 4.69) is 80.3 Å². The largest absolute Gasteiger partial charge is 0.459 e. The van der Waals surface area contributed by atoms with Crippen LogP contribution in [0.2, 0.25) is 0 Å². The number of fused-ring (bicyclic) bond motifs is 6. The zero-order valence-electron chi connectivity index (χ0n) is 78.2. The maximum atomic E-state index is 14.7. The molecule has 1 aromatic carbocycles. The molecule has 6 aliphatic heterocycles. The van der Waals surface area contributed by atoms with Crippen LogP contribution in [0.1, 0.15) is 180 Å². The molecule has 0 radical (unpaired) electrons. The molecule has 4 saturated heterocycles. The number of piperazine rings is 2. The first-order valence-electron chi connectivity index (χ1n) is 47.4. The summed E-state index contributed by atoms with van der Waals surface area (Å²) >= 11 is 0. The highest BCUT2D eigenvalue weighted by atomic mass is 16.6. The predicted molar refractivity (Wildman–Crippen MR) is 499 cm³/mol. The van der Waals surface area contributed by atoms with E-state index in [1.54, 1.807) is 52.7 Å². The van der Waals surface area contributed by atoms with E-state index in [0.717, 1.165) is 95.0 Å². The number of nitrogens with one attached hydrogen (secondary N) is 2. The fourth-order valence-corrected chi connectivity index (χ4v) is 19.7. The average molecular weight is 1850 g/mol. The Morgan fingerprint density at radius 3 is 2.19 bits per heavy atom. The van der Waals surface area contributed by atoms with Crippen molar-refractivity contribution in [1.29, 1.82) is 0 Å². The number of allylic oxidation sites excluding steroid dienone is 7. The summed E-state index contributed by atoms with van der Waals surface area (Å²) < 4.78 is 42.0. The number of nitrogen functional groups attached to an aromatic ring is 1. The number of aliphatic hydroxyl groups is 3. The van der Waals surface area contributed by atoms with Crippen molar-refractivity contribution >= 4 is 81.5 Å². The number of ketones is 3. The number of cyclic esters (lactones) is 1. The number of aliphatic hydroxyl groups excluding tert-OH is 2. The smallest absolute Gasteiger partial charge is 0.407 e. The van der Waals surface area contributed by atoms with E-state index in [-0.39, 0.29) is 80.5 Å². The number of aromatic nitrogens is 8. The minimum Gasteiger partial charge on any atom is -0.459 e. The Kier molecular flexibility index (Phi) is 34.0. The molecule has 5 fully saturated rings. The van der Waals surface area contributed by atoms with Gasteiger partial charge in [0.2, 0.25) is 23.6 Å². The number of benzene rings is 1. The fourth-order valence-electron chi connectivity index (χ4n) is 19.7. The molecular weight excluding hydrogens is 1720 g/mol. The van der Waals surface area contributed by atoms with Crippen LogP contribution in [-0.2, 0) is 87.9 Å². The van der Waals surface area contributed by atoms with Gasteiger partial charge in [-0.25, -0.2) is 44.5 Å². The SMILES string of the molecule is CO[C@H]1C[C@@H]2CC[C@@H](C)[C@@](O)(O2)C(=O)C(=O)N2CCCC[C@H]2C(=O)O[C@H]([C@H](N)C[C@@H]2CC[C@@H](OC(=O)NCc3cnc(N4CCN(C(=O)CCOCCOCCN5CCN(c6ncc(C(=O)N7CCc8cc(CC9C=C(c%10cnc%11[nH]ccc%11c%10)c%10c(N)ncnc%109)ccc8C7)cn6)CC5)CC4)nc3)[C@H](OC)C2)CC(=O)[C@H](C)/C=C(\C)[C@@H](O)[C@@H](O)C(=O)[C@H](C)C[C@H](C)/C=C/C=C/C=C/1C. The molecule has 9 N–H and O–H groups in total. The highest BCUT2D eigenvalue weighted by molar-refractivity contribution is 6.39. The third-order valence-electron chi connectivity index (χ3n) is 27.8. The Bertz CT molecular complexity index is 5260. The Morgan fingerprint density at radius 1 is 0.709 bits per heavy atom. The molecular formula is C99H131N17O18. The number of hydrogen-bond acceptors (Lipinski definition) is 30. The van der Waals surface area contributed by atoms with Crippen molar-refractivity contribution in [3.8, 4) is 0 Å². The highest BCUT2D eigenvalue weighted by Gasteiger charge is 2.54. The maximum absolute atomic E-state index is 14.7. The minimum absolute atomic E-state index is 0.00535. The molecule has 14 rings (SSSR count). The van der Waals surface area contributed by atoms with E-state index in [9.17, 15) is 53.7 Å². The molecule has 134 heavy (non-hydrogen) atoms. The molecule has 16 atom stereocenters. The number of H-pyrrole nitrogens is 1. The van der Waals surface area contributed by atoms with E-state index in [0.29, 0.717) is 139 Å². The minimum atomic E-state index is -2.52. The Morgan fingerprint density at radius 2 is 1.45 bits per heavy atom. The van der Waals surface area contributed by atoms with Gasteiger partial charge in [0.25, 0.3) is 17.6 Å². The summed E-state index contributed by atoms with van der Waals surface area (Å²) in [6.07, 6.45) is 22.3. The molecule has 5 aromatic heterocycles. The number of ether oxygens (including phenoxy) is 7. The van der Waals surface area contributed by atoms with Gasteiger partial charge in [0.1, 0.15) is 54.0 Å². The predicted octanol–water partition coefficient (Wildman–Crippen LogP) is 7.84. The van der Waals surface area contributed by atoms with Crippen molar-refractivity contribution in [2.45, 2.75) is 217 Å². The van der Waals surface area contributed by atoms with Gasteiger partial charge < -0.3 is 94.7 Å². The van der Waals surface area contributed by atoms with Crippen molar-refractivity contribution in [2.24, 2.45) is 35.3 Å². The first kappa shape index (κ1) is 99.0. The van der Waals surface area contributed by atoms with E-state index in [1.807, 2.05) is 77.4 Å². The molecule has 4 amide bonds. The molecule has 2 bridgehead atoms. The first-order chi connectivity index (χ1) is 64.6. The number of carbonyl (C=O) groups is 8. The van der Waals surface area contributed by atoms with Crippen LogP contribution in [0.5, 0.6) is 0 Å². The molecule has 8 aliphatic rings. The zero-order valence-corrected chi connectivity index (χ0v) is 78.2. The number of anilines is 3. The topological polar surface area (TPSA) is 451 Å². The van der Waals surface area contributed by atoms with Crippen molar-refractivity contribution < 1.29 is 86.8 Å². The van der Waals surface area contributed by atoms with Crippen LogP contribution < -0.4 is 26.6 Å². The van der Waals surface area contributed by atoms with E-state index in [1.165, 1.54) is 37.6 Å². The van der Waals surface area contributed by atoms with Crippen molar-refractivity contribution in [1.82, 2.24) is 64.8 Å². The number of hydrogen-bond donors (Lipinski definition) is 7.